The van der Waals surface area contributed by atoms with Crippen molar-refractivity contribution >= 4 is 32.6 Å². The van der Waals surface area contributed by atoms with Crippen LogP contribution >= 0.6 is 0 Å². The monoisotopic (exact) mass is 434 g/mol. The fraction of sp³-hybridized carbons (Fsp3) is 0.571. The Morgan fingerprint density at radius 3 is 2.67 bits per heavy atom. The molecule has 2 aromatic rings. The van der Waals surface area contributed by atoms with Gasteiger partial charge in [0, 0.05) is 50.4 Å². The molecular formula is C21H30N4O4S. The molecule has 1 fully saturated rings. The van der Waals surface area contributed by atoms with E-state index >= 15 is 0 Å². The molecule has 0 aliphatic carbocycles. The third kappa shape index (κ3) is 5.46. The summed E-state index contributed by atoms with van der Waals surface area (Å²) in [5, 5.41) is 3.83. The van der Waals surface area contributed by atoms with Crippen LogP contribution in [0.2, 0.25) is 0 Å². The fourth-order valence-corrected chi connectivity index (χ4v) is 4.28. The van der Waals surface area contributed by atoms with Crippen molar-refractivity contribution in [3.63, 3.8) is 0 Å². The summed E-state index contributed by atoms with van der Waals surface area (Å²) in [6, 6.07) is 4.95. The van der Waals surface area contributed by atoms with E-state index in [9.17, 15) is 13.2 Å². The molecule has 30 heavy (non-hydrogen) atoms. The number of ether oxygens (including phenoxy) is 1. The normalized spacial score (nSPS) is 15.5. The van der Waals surface area contributed by atoms with E-state index in [1.165, 1.54) is 6.26 Å². The van der Waals surface area contributed by atoms with Gasteiger partial charge in [-0.05, 0) is 51.3 Å². The van der Waals surface area contributed by atoms with Crippen LogP contribution in [0.4, 0.5) is 5.95 Å². The number of carbonyl (C=O) groups excluding carboxylic acids is 1. The van der Waals surface area contributed by atoms with E-state index < -0.39 is 9.84 Å². The minimum Gasteiger partial charge on any atom is -0.382 e. The van der Waals surface area contributed by atoms with Crippen LogP contribution in [0, 0.1) is 12.8 Å². The highest BCUT2D eigenvalue weighted by molar-refractivity contribution is 7.90. The fourth-order valence-electron chi connectivity index (χ4n) is 3.64. The third-order valence-corrected chi connectivity index (χ3v) is 6.50. The molecule has 1 amide bonds. The summed E-state index contributed by atoms with van der Waals surface area (Å²) in [4.78, 5) is 23.9. The lowest BCUT2D eigenvalue weighted by Gasteiger charge is -2.31. The van der Waals surface area contributed by atoms with Gasteiger partial charge in [-0.25, -0.2) is 18.4 Å². The number of fused-ring (bicyclic) bond motifs is 1. The third-order valence-electron chi connectivity index (χ3n) is 5.39. The topological polar surface area (TPSA) is 101 Å². The molecule has 164 valence electrons. The number of rotatable bonds is 8. The van der Waals surface area contributed by atoms with Crippen molar-refractivity contribution in [3.05, 3.63) is 23.9 Å². The maximum atomic E-state index is 12.4. The maximum absolute atomic E-state index is 12.4. The van der Waals surface area contributed by atoms with Gasteiger partial charge >= 0.3 is 0 Å². The molecule has 0 bridgehead atoms. The Bertz CT molecular complexity index is 1000. The number of piperidine rings is 1. The Hall–Kier alpha value is -2.26. The van der Waals surface area contributed by atoms with Crippen LogP contribution in [-0.4, -0.2) is 63.4 Å². The second-order valence-corrected chi connectivity index (χ2v) is 9.68. The van der Waals surface area contributed by atoms with Gasteiger partial charge in [0.05, 0.1) is 16.1 Å². The highest BCUT2D eigenvalue weighted by Crippen LogP contribution is 2.25. The van der Waals surface area contributed by atoms with Crippen molar-refractivity contribution in [1.82, 2.24) is 15.3 Å². The molecule has 0 spiro atoms. The highest BCUT2D eigenvalue weighted by atomic mass is 32.2. The average Bonchev–Trinajstić information content (AvgIpc) is 2.72. The quantitative estimate of drug-likeness (QED) is 0.635. The average molecular weight is 435 g/mol. The molecule has 0 saturated carbocycles. The molecule has 9 heteroatoms. The molecule has 1 aliphatic rings. The van der Waals surface area contributed by atoms with Gasteiger partial charge in [-0.15, -0.1) is 0 Å². The summed E-state index contributed by atoms with van der Waals surface area (Å²) in [6.07, 6.45) is 3.48. The predicted molar refractivity (Wildman–Crippen MR) is 116 cm³/mol. The molecular weight excluding hydrogens is 404 g/mol. The number of hydrogen-bond acceptors (Lipinski definition) is 7. The number of amides is 1. The standard InChI is InChI=1S/C21H30N4O4S/c1-4-29-13-5-10-22-20(26)16-8-11-25(12-9-16)21-23-15(2)18-7-6-17(30(3,27)28)14-19(18)24-21/h6-7,14,16H,4-5,8-13H2,1-3H3,(H,22,26). The van der Waals surface area contributed by atoms with Crippen LogP contribution in [0.15, 0.2) is 23.1 Å². The van der Waals surface area contributed by atoms with Gasteiger partial charge in [0.2, 0.25) is 11.9 Å². The number of aryl methyl sites for hydroxylation is 1. The van der Waals surface area contributed by atoms with Crippen LogP contribution in [0.1, 0.15) is 31.9 Å². The van der Waals surface area contributed by atoms with E-state index in [4.69, 9.17) is 4.74 Å². The number of aromatic nitrogens is 2. The van der Waals surface area contributed by atoms with Crippen LogP contribution in [0.3, 0.4) is 0 Å². The lowest BCUT2D eigenvalue weighted by atomic mass is 9.96. The van der Waals surface area contributed by atoms with Gasteiger partial charge in [-0.3, -0.25) is 4.79 Å². The first-order chi connectivity index (χ1) is 14.3. The molecule has 1 aromatic carbocycles. The van der Waals surface area contributed by atoms with E-state index in [1.807, 2.05) is 13.8 Å². The maximum Gasteiger partial charge on any atom is 0.226 e. The Morgan fingerprint density at radius 1 is 1.27 bits per heavy atom. The van der Waals surface area contributed by atoms with E-state index in [1.54, 1.807) is 18.2 Å². The second-order valence-electron chi connectivity index (χ2n) is 7.66. The van der Waals surface area contributed by atoms with Gasteiger partial charge in [-0.2, -0.15) is 0 Å². The summed E-state index contributed by atoms with van der Waals surface area (Å²) in [5.41, 5.74) is 1.43. The zero-order chi connectivity index (χ0) is 21.7. The number of nitrogens with one attached hydrogen (secondary N) is 1. The number of anilines is 1. The van der Waals surface area contributed by atoms with Gasteiger partial charge in [0.15, 0.2) is 9.84 Å². The number of benzene rings is 1. The zero-order valence-corrected chi connectivity index (χ0v) is 18.7. The Morgan fingerprint density at radius 2 is 2.00 bits per heavy atom. The Labute approximate surface area is 178 Å². The molecule has 1 N–H and O–H groups in total. The van der Waals surface area contributed by atoms with E-state index in [0.29, 0.717) is 44.3 Å². The first-order valence-electron chi connectivity index (χ1n) is 10.4. The van der Waals surface area contributed by atoms with Crippen LogP contribution < -0.4 is 10.2 Å². The van der Waals surface area contributed by atoms with Crippen molar-refractivity contribution in [3.8, 4) is 0 Å². The van der Waals surface area contributed by atoms with Gasteiger partial charge in [-0.1, -0.05) is 0 Å². The molecule has 2 heterocycles. The lowest BCUT2D eigenvalue weighted by molar-refractivity contribution is -0.125. The van der Waals surface area contributed by atoms with Gasteiger partial charge in [0.25, 0.3) is 0 Å². The van der Waals surface area contributed by atoms with Crippen LogP contribution in [0.5, 0.6) is 0 Å². The smallest absolute Gasteiger partial charge is 0.226 e. The minimum absolute atomic E-state index is 0.00765. The summed E-state index contributed by atoms with van der Waals surface area (Å²) < 4.78 is 29.0. The molecule has 1 aliphatic heterocycles. The summed E-state index contributed by atoms with van der Waals surface area (Å²) >= 11 is 0. The molecule has 1 saturated heterocycles. The molecule has 0 unspecified atom stereocenters. The summed E-state index contributed by atoms with van der Waals surface area (Å²) in [7, 11) is -3.30. The van der Waals surface area contributed by atoms with Crippen LogP contribution in [0.25, 0.3) is 10.9 Å². The predicted octanol–water partition coefficient (Wildman–Crippen LogP) is 2.10. The minimum atomic E-state index is -3.30. The van der Waals surface area contributed by atoms with Crippen molar-refractivity contribution in [2.45, 2.75) is 38.0 Å². The first kappa shape index (κ1) is 22.4. The van der Waals surface area contributed by atoms with Gasteiger partial charge < -0.3 is 15.0 Å². The molecule has 0 atom stereocenters. The van der Waals surface area contributed by atoms with E-state index in [-0.39, 0.29) is 16.7 Å². The second kappa shape index (κ2) is 9.70. The van der Waals surface area contributed by atoms with Crippen molar-refractivity contribution < 1.29 is 17.9 Å². The SMILES string of the molecule is CCOCCCNC(=O)C1CCN(c2nc(C)c3ccc(S(C)(=O)=O)cc3n2)CC1. The lowest BCUT2D eigenvalue weighted by Crippen LogP contribution is -2.41. The summed E-state index contributed by atoms with van der Waals surface area (Å²) in [5.74, 6) is 0.674. The Balaban J connectivity index is 1.64. The van der Waals surface area contributed by atoms with E-state index in [2.05, 4.69) is 20.2 Å². The molecule has 3 rings (SSSR count). The number of carbonyl (C=O) groups is 1. The highest BCUT2D eigenvalue weighted by Gasteiger charge is 2.26. The van der Waals surface area contributed by atoms with Crippen molar-refractivity contribution in [2.24, 2.45) is 5.92 Å². The van der Waals surface area contributed by atoms with E-state index in [0.717, 1.165) is 30.3 Å². The number of sulfone groups is 1. The first-order valence-corrected chi connectivity index (χ1v) is 12.3. The molecule has 8 nitrogen and oxygen atoms in total. The molecule has 1 aromatic heterocycles. The number of hydrogen-bond donors (Lipinski definition) is 1. The summed E-state index contributed by atoms with van der Waals surface area (Å²) in [6.45, 7) is 7.22. The van der Waals surface area contributed by atoms with Gasteiger partial charge in [0.1, 0.15) is 0 Å². The molecule has 0 radical (unpaired) electrons. The largest absolute Gasteiger partial charge is 0.382 e. The number of nitrogens with zero attached hydrogens (tertiary/aromatic N) is 3. The van der Waals surface area contributed by atoms with Crippen molar-refractivity contribution in [1.29, 1.82) is 0 Å². The Kier molecular flexibility index (Phi) is 7.25. The van der Waals surface area contributed by atoms with Crippen molar-refractivity contribution in [2.75, 3.05) is 44.0 Å². The van der Waals surface area contributed by atoms with Crippen LogP contribution in [-0.2, 0) is 19.4 Å². The zero-order valence-electron chi connectivity index (χ0n) is 17.8.